The minimum absolute atomic E-state index is 0.273. The molecule has 0 heterocycles. The summed E-state index contributed by atoms with van der Waals surface area (Å²) in [5.74, 6) is 1.66. The second-order valence-corrected chi connectivity index (χ2v) is 5.49. The molecule has 0 radical (unpaired) electrons. The number of hydrogen-bond acceptors (Lipinski definition) is 4. The van der Waals surface area contributed by atoms with E-state index in [0.29, 0.717) is 19.7 Å². The zero-order valence-electron chi connectivity index (χ0n) is 13.8. The smallest absolute Gasteiger partial charge is 0.119 e. The third-order valence-electron chi connectivity index (χ3n) is 3.35. The molecular weight excluding hydrogens is 290 g/mol. The Labute approximate surface area is 138 Å². The molecule has 0 amide bonds. The van der Waals surface area contributed by atoms with Crippen molar-refractivity contribution in [3.63, 3.8) is 0 Å². The van der Waals surface area contributed by atoms with Crippen molar-refractivity contribution in [3.05, 3.63) is 59.7 Å². The van der Waals surface area contributed by atoms with E-state index < -0.39 is 6.10 Å². The maximum absolute atomic E-state index is 9.98. The molecule has 2 aromatic carbocycles. The van der Waals surface area contributed by atoms with Crippen LogP contribution >= 0.6 is 0 Å². The average molecular weight is 315 g/mol. The summed E-state index contributed by atoms with van der Waals surface area (Å²) in [5.41, 5.74) is 2.27. The molecule has 4 nitrogen and oxygen atoms in total. The topological polar surface area (TPSA) is 50.7 Å². The maximum Gasteiger partial charge on any atom is 0.119 e. The normalized spacial score (nSPS) is 12.0. The summed E-state index contributed by atoms with van der Waals surface area (Å²) >= 11 is 0. The average Bonchev–Trinajstić information content (AvgIpc) is 2.54. The Balaban J connectivity index is 1.70. The molecule has 0 saturated heterocycles. The Morgan fingerprint density at radius 1 is 1.04 bits per heavy atom. The Hall–Kier alpha value is -2.04. The first kappa shape index (κ1) is 17.3. The second kappa shape index (κ2) is 9.18. The fourth-order valence-electron chi connectivity index (χ4n) is 2.25. The lowest BCUT2D eigenvalue weighted by atomic mass is 10.2. The monoisotopic (exact) mass is 315 g/mol. The summed E-state index contributed by atoms with van der Waals surface area (Å²) < 4.78 is 11.1. The van der Waals surface area contributed by atoms with Crippen molar-refractivity contribution in [2.75, 3.05) is 19.8 Å². The van der Waals surface area contributed by atoms with Crippen molar-refractivity contribution < 1.29 is 14.6 Å². The van der Waals surface area contributed by atoms with Crippen LogP contribution in [-0.4, -0.2) is 31.0 Å². The molecule has 0 aliphatic rings. The van der Waals surface area contributed by atoms with Crippen molar-refractivity contribution in [2.24, 2.45) is 0 Å². The van der Waals surface area contributed by atoms with Crippen molar-refractivity contribution >= 4 is 0 Å². The van der Waals surface area contributed by atoms with Gasteiger partial charge < -0.3 is 19.9 Å². The highest BCUT2D eigenvalue weighted by atomic mass is 16.5. The van der Waals surface area contributed by atoms with Crippen molar-refractivity contribution in [1.29, 1.82) is 0 Å². The first-order chi connectivity index (χ1) is 11.2. The first-order valence-corrected chi connectivity index (χ1v) is 7.97. The third-order valence-corrected chi connectivity index (χ3v) is 3.35. The van der Waals surface area contributed by atoms with E-state index in [4.69, 9.17) is 9.47 Å². The number of rotatable bonds is 9. The highest BCUT2D eigenvalue weighted by Crippen LogP contribution is 2.13. The zero-order valence-corrected chi connectivity index (χ0v) is 13.8. The number of ether oxygens (including phenoxy) is 2. The van der Waals surface area contributed by atoms with Crippen LogP contribution in [0, 0.1) is 6.92 Å². The molecule has 124 valence electrons. The van der Waals surface area contributed by atoms with Crippen molar-refractivity contribution in [2.45, 2.75) is 26.5 Å². The Morgan fingerprint density at radius 3 is 2.52 bits per heavy atom. The lowest BCUT2D eigenvalue weighted by molar-refractivity contribution is 0.106. The van der Waals surface area contributed by atoms with E-state index in [9.17, 15) is 5.11 Å². The van der Waals surface area contributed by atoms with E-state index in [1.54, 1.807) is 0 Å². The zero-order chi connectivity index (χ0) is 16.5. The molecule has 2 N–H and O–H groups in total. The van der Waals surface area contributed by atoms with Gasteiger partial charge in [-0.1, -0.05) is 24.3 Å². The van der Waals surface area contributed by atoms with E-state index in [1.807, 2.05) is 62.4 Å². The number of aliphatic hydroxyl groups is 1. The van der Waals surface area contributed by atoms with Crippen molar-refractivity contribution in [3.8, 4) is 11.5 Å². The van der Waals surface area contributed by atoms with E-state index in [1.165, 1.54) is 0 Å². The van der Waals surface area contributed by atoms with Gasteiger partial charge >= 0.3 is 0 Å². The quantitative estimate of drug-likeness (QED) is 0.747. The van der Waals surface area contributed by atoms with Gasteiger partial charge in [0.2, 0.25) is 0 Å². The van der Waals surface area contributed by atoms with Gasteiger partial charge in [-0.15, -0.1) is 0 Å². The van der Waals surface area contributed by atoms with Crippen LogP contribution in [0.3, 0.4) is 0 Å². The molecule has 23 heavy (non-hydrogen) atoms. The summed E-state index contributed by atoms with van der Waals surface area (Å²) in [5, 5.41) is 13.2. The highest BCUT2D eigenvalue weighted by molar-refractivity contribution is 5.28. The SMILES string of the molecule is CCOc1cccc(CNCC(O)COc2cccc(C)c2)c1. The van der Waals surface area contributed by atoms with Gasteiger partial charge in [0.25, 0.3) is 0 Å². The summed E-state index contributed by atoms with van der Waals surface area (Å²) in [6, 6.07) is 15.8. The Bertz CT molecular complexity index is 601. The standard InChI is InChI=1S/C19H25NO3/c1-3-22-19-9-5-7-16(11-19)12-20-13-17(21)14-23-18-8-4-6-15(2)10-18/h4-11,17,20-21H,3,12-14H2,1-2H3. The number of benzene rings is 2. The maximum atomic E-state index is 9.98. The molecule has 2 rings (SSSR count). The molecule has 0 aliphatic heterocycles. The van der Waals surface area contributed by atoms with Gasteiger partial charge in [-0.05, 0) is 49.2 Å². The van der Waals surface area contributed by atoms with Gasteiger partial charge in [0.1, 0.15) is 24.2 Å². The van der Waals surface area contributed by atoms with Crippen molar-refractivity contribution in [1.82, 2.24) is 5.32 Å². The predicted molar refractivity (Wildman–Crippen MR) is 92.0 cm³/mol. The summed E-state index contributed by atoms with van der Waals surface area (Å²) in [6.07, 6.45) is -0.550. The third kappa shape index (κ3) is 6.30. The number of aliphatic hydroxyl groups excluding tert-OH is 1. The van der Waals surface area contributed by atoms with Gasteiger partial charge in [-0.25, -0.2) is 0 Å². The predicted octanol–water partition coefficient (Wildman–Crippen LogP) is 2.92. The Kier molecular flexibility index (Phi) is 6.91. The number of aryl methyl sites for hydroxylation is 1. The molecule has 0 spiro atoms. The molecule has 1 unspecified atom stereocenters. The van der Waals surface area contributed by atoms with Gasteiger partial charge in [-0.3, -0.25) is 0 Å². The minimum Gasteiger partial charge on any atom is -0.494 e. The van der Waals surface area contributed by atoms with Crippen LogP contribution in [0.2, 0.25) is 0 Å². The highest BCUT2D eigenvalue weighted by Gasteiger charge is 2.05. The van der Waals surface area contributed by atoms with Crippen LogP contribution in [0.4, 0.5) is 0 Å². The van der Waals surface area contributed by atoms with Gasteiger partial charge in [0, 0.05) is 13.1 Å². The van der Waals surface area contributed by atoms with Crippen LogP contribution in [-0.2, 0) is 6.54 Å². The van der Waals surface area contributed by atoms with Crippen LogP contribution < -0.4 is 14.8 Å². The number of nitrogens with one attached hydrogen (secondary N) is 1. The molecule has 0 fully saturated rings. The lowest BCUT2D eigenvalue weighted by Crippen LogP contribution is -2.31. The second-order valence-electron chi connectivity index (χ2n) is 5.49. The van der Waals surface area contributed by atoms with E-state index in [0.717, 1.165) is 22.6 Å². The van der Waals surface area contributed by atoms with E-state index >= 15 is 0 Å². The summed E-state index contributed by atoms with van der Waals surface area (Å²) in [6.45, 7) is 6.07. The van der Waals surface area contributed by atoms with E-state index in [2.05, 4.69) is 5.32 Å². The van der Waals surface area contributed by atoms with Gasteiger partial charge in [0.15, 0.2) is 0 Å². The van der Waals surface area contributed by atoms with Crippen LogP contribution in [0.15, 0.2) is 48.5 Å². The first-order valence-electron chi connectivity index (χ1n) is 7.97. The van der Waals surface area contributed by atoms with Crippen LogP contribution in [0.1, 0.15) is 18.1 Å². The van der Waals surface area contributed by atoms with E-state index in [-0.39, 0.29) is 6.61 Å². The molecule has 0 aromatic heterocycles. The molecular formula is C19H25NO3. The molecule has 1 atom stereocenters. The molecule has 0 saturated carbocycles. The van der Waals surface area contributed by atoms with Crippen LogP contribution in [0.5, 0.6) is 11.5 Å². The fraction of sp³-hybridized carbons (Fsp3) is 0.368. The Morgan fingerprint density at radius 2 is 1.78 bits per heavy atom. The van der Waals surface area contributed by atoms with Crippen LogP contribution in [0.25, 0.3) is 0 Å². The van der Waals surface area contributed by atoms with Gasteiger partial charge in [0.05, 0.1) is 6.61 Å². The molecule has 2 aromatic rings. The minimum atomic E-state index is -0.550. The molecule has 0 aliphatic carbocycles. The number of hydrogen-bond donors (Lipinski definition) is 2. The molecule has 4 heteroatoms. The lowest BCUT2D eigenvalue weighted by Gasteiger charge is -2.14. The summed E-state index contributed by atoms with van der Waals surface area (Å²) in [4.78, 5) is 0. The fourth-order valence-corrected chi connectivity index (χ4v) is 2.25. The summed E-state index contributed by atoms with van der Waals surface area (Å²) in [7, 11) is 0. The largest absolute Gasteiger partial charge is 0.494 e. The molecule has 0 bridgehead atoms. The van der Waals surface area contributed by atoms with Gasteiger partial charge in [-0.2, -0.15) is 0 Å².